The van der Waals surface area contributed by atoms with Crippen LogP contribution in [-0.4, -0.2) is 55.0 Å². The molecule has 4 rings (SSSR count). The van der Waals surface area contributed by atoms with E-state index in [0.29, 0.717) is 5.92 Å². The summed E-state index contributed by atoms with van der Waals surface area (Å²) >= 11 is 0. The van der Waals surface area contributed by atoms with Gasteiger partial charge in [0.05, 0.1) is 7.11 Å². The fourth-order valence-electron chi connectivity index (χ4n) is 5.22. The van der Waals surface area contributed by atoms with E-state index < -0.39 is 0 Å². The Bertz CT molecular complexity index is 922. The molecule has 1 fully saturated rings. The van der Waals surface area contributed by atoms with Crippen LogP contribution in [0.3, 0.4) is 0 Å². The smallest absolute Gasteiger partial charge is 0.219 e. The molecule has 31 heavy (non-hydrogen) atoms. The minimum Gasteiger partial charge on any atom is -0.496 e. The molecule has 0 N–H and O–H groups in total. The van der Waals surface area contributed by atoms with E-state index in [9.17, 15) is 4.79 Å². The average molecular weight is 421 g/mol. The highest BCUT2D eigenvalue weighted by atomic mass is 16.5. The van der Waals surface area contributed by atoms with Crippen LogP contribution in [0.5, 0.6) is 5.75 Å². The molecule has 2 aromatic rings. The number of carbonyl (C=O) groups is 1. The summed E-state index contributed by atoms with van der Waals surface area (Å²) in [7, 11) is 1.75. The monoisotopic (exact) mass is 420 g/mol. The Balaban J connectivity index is 1.55. The van der Waals surface area contributed by atoms with E-state index in [1.807, 2.05) is 4.90 Å². The molecule has 0 bridgehead atoms. The van der Waals surface area contributed by atoms with E-state index >= 15 is 0 Å². The summed E-state index contributed by atoms with van der Waals surface area (Å²) < 4.78 is 5.79. The first-order valence-corrected chi connectivity index (χ1v) is 11.8. The van der Waals surface area contributed by atoms with Gasteiger partial charge in [0.25, 0.3) is 0 Å². The third kappa shape index (κ3) is 4.79. The largest absolute Gasteiger partial charge is 0.496 e. The van der Waals surface area contributed by atoms with Gasteiger partial charge in [-0.25, -0.2) is 0 Å². The molecule has 0 saturated carbocycles. The molecule has 0 spiro atoms. The second-order valence-corrected chi connectivity index (χ2v) is 9.34. The van der Waals surface area contributed by atoms with Crippen molar-refractivity contribution in [3.63, 3.8) is 0 Å². The van der Waals surface area contributed by atoms with Gasteiger partial charge in [-0.1, -0.05) is 31.2 Å². The SMILES string of the molecule is COc1cc2c(cc1-c1ccc(CCN3CCC[C@H]3C)cc1)C(C)CN(C(C)=O)CC2. The van der Waals surface area contributed by atoms with Crippen molar-refractivity contribution in [1.29, 1.82) is 0 Å². The van der Waals surface area contributed by atoms with E-state index in [4.69, 9.17) is 4.74 Å². The number of likely N-dealkylation sites (tertiary alicyclic amines) is 1. The maximum atomic E-state index is 11.9. The van der Waals surface area contributed by atoms with Crippen molar-refractivity contribution in [1.82, 2.24) is 9.80 Å². The highest BCUT2D eigenvalue weighted by molar-refractivity contribution is 5.75. The molecular weight excluding hydrogens is 384 g/mol. The number of hydrogen-bond acceptors (Lipinski definition) is 3. The van der Waals surface area contributed by atoms with Gasteiger partial charge in [-0.05, 0) is 79.5 Å². The highest BCUT2D eigenvalue weighted by Crippen LogP contribution is 2.37. The molecular formula is C27H36N2O2. The predicted octanol–water partition coefficient (Wildman–Crippen LogP) is 4.90. The van der Waals surface area contributed by atoms with Crippen LogP contribution >= 0.6 is 0 Å². The first-order chi connectivity index (χ1) is 15.0. The quantitative estimate of drug-likeness (QED) is 0.690. The van der Waals surface area contributed by atoms with Crippen LogP contribution < -0.4 is 4.74 Å². The topological polar surface area (TPSA) is 32.8 Å². The van der Waals surface area contributed by atoms with Crippen LogP contribution in [0.1, 0.15) is 56.2 Å². The first kappa shape index (κ1) is 21.9. The minimum atomic E-state index is 0.158. The molecule has 1 saturated heterocycles. The molecule has 2 heterocycles. The second-order valence-electron chi connectivity index (χ2n) is 9.34. The number of carbonyl (C=O) groups excluding carboxylic acids is 1. The maximum Gasteiger partial charge on any atom is 0.219 e. The van der Waals surface area contributed by atoms with Crippen molar-refractivity contribution in [2.45, 2.75) is 58.4 Å². The summed E-state index contributed by atoms with van der Waals surface area (Å²) in [6, 6.07) is 14.2. The molecule has 0 aliphatic carbocycles. The zero-order valence-corrected chi connectivity index (χ0v) is 19.5. The van der Waals surface area contributed by atoms with Gasteiger partial charge in [-0.2, -0.15) is 0 Å². The summed E-state index contributed by atoms with van der Waals surface area (Å²) in [5, 5.41) is 0. The lowest BCUT2D eigenvalue weighted by molar-refractivity contribution is -0.128. The molecule has 4 nitrogen and oxygen atoms in total. The van der Waals surface area contributed by atoms with Crippen LogP contribution in [0, 0.1) is 0 Å². The summed E-state index contributed by atoms with van der Waals surface area (Å²) in [6.07, 6.45) is 4.65. The zero-order valence-electron chi connectivity index (χ0n) is 19.5. The molecule has 4 heteroatoms. The number of benzene rings is 2. The minimum absolute atomic E-state index is 0.158. The van der Waals surface area contributed by atoms with Gasteiger partial charge < -0.3 is 14.5 Å². The zero-order chi connectivity index (χ0) is 22.0. The number of amides is 1. The van der Waals surface area contributed by atoms with E-state index in [1.165, 1.54) is 41.6 Å². The Hall–Kier alpha value is -2.33. The maximum absolute atomic E-state index is 11.9. The third-order valence-corrected chi connectivity index (χ3v) is 7.23. The first-order valence-electron chi connectivity index (χ1n) is 11.8. The van der Waals surface area contributed by atoms with Crippen LogP contribution in [0.4, 0.5) is 0 Å². The molecule has 2 atom stereocenters. The number of rotatable bonds is 5. The fraction of sp³-hybridized carbons (Fsp3) is 0.519. The summed E-state index contributed by atoms with van der Waals surface area (Å²) in [6.45, 7) is 10.2. The standard InChI is InChI=1S/C27H36N2O2/c1-19-18-29(21(3)30)15-12-24-16-27(31-4)26(17-25(19)24)23-9-7-22(8-10-23)11-14-28-13-5-6-20(28)2/h7-10,16-17,19-20H,5-6,11-15,18H2,1-4H3/t19?,20-/m1/s1. The van der Waals surface area contributed by atoms with Crippen LogP contribution in [0.2, 0.25) is 0 Å². The van der Waals surface area contributed by atoms with Gasteiger partial charge in [-0.3, -0.25) is 4.79 Å². The number of ether oxygens (including phenoxy) is 1. The van der Waals surface area contributed by atoms with Crippen LogP contribution in [0.15, 0.2) is 36.4 Å². The van der Waals surface area contributed by atoms with Gasteiger partial charge in [-0.15, -0.1) is 0 Å². The Morgan fingerprint density at radius 3 is 2.55 bits per heavy atom. The molecule has 2 aliphatic rings. The van der Waals surface area contributed by atoms with Crippen molar-refractivity contribution in [2.24, 2.45) is 0 Å². The molecule has 1 unspecified atom stereocenters. The lowest BCUT2D eigenvalue weighted by atomic mass is 9.90. The molecule has 166 valence electrons. The summed E-state index contributed by atoms with van der Waals surface area (Å²) in [5.41, 5.74) is 6.36. The van der Waals surface area contributed by atoms with E-state index in [0.717, 1.165) is 49.8 Å². The van der Waals surface area contributed by atoms with Gasteiger partial charge in [0.15, 0.2) is 0 Å². The number of hydrogen-bond donors (Lipinski definition) is 0. The Kier molecular flexibility index (Phi) is 6.66. The van der Waals surface area contributed by atoms with Gasteiger partial charge in [0, 0.05) is 38.2 Å². The second kappa shape index (κ2) is 9.44. The van der Waals surface area contributed by atoms with Crippen LogP contribution in [0.25, 0.3) is 11.1 Å². The lowest BCUT2D eigenvalue weighted by Gasteiger charge is -2.22. The Morgan fingerprint density at radius 1 is 1.13 bits per heavy atom. The molecule has 2 aliphatic heterocycles. The van der Waals surface area contributed by atoms with Crippen LogP contribution in [-0.2, 0) is 17.6 Å². The van der Waals surface area contributed by atoms with E-state index in [-0.39, 0.29) is 5.91 Å². The number of fused-ring (bicyclic) bond motifs is 1. The molecule has 1 amide bonds. The van der Waals surface area contributed by atoms with Gasteiger partial charge >= 0.3 is 0 Å². The van der Waals surface area contributed by atoms with Crippen molar-refractivity contribution in [3.8, 4) is 16.9 Å². The summed E-state index contributed by atoms with van der Waals surface area (Å²) in [4.78, 5) is 16.5. The van der Waals surface area contributed by atoms with Gasteiger partial charge in [0.1, 0.15) is 5.75 Å². The fourth-order valence-corrected chi connectivity index (χ4v) is 5.22. The third-order valence-electron chi connectivity index (χ3n) is 7.23. The molecule has 0 radical (unpaired) electrons. The lowest BCUT2D eigenvalue weighted by Crippen LogP contribution is -2.32. The Labute approximate surface area is 187 Å². The van der Waals surface area contributed by atoms with Crippen molar-refractivity contribution < 1.29 is 9.53 Å². The number of nitrogens with zero attached hydrogens (tertiary/aromatic N) is 2. The predicted molar refractivity (Wildman–Crippen MR) is 127 cm³/mol. The van der Waals surface area contributed by atoms with Crippen molar-refractivity contribution in [3.05, 3.63) is 53.1 Å². The number of methoxy groups -OCH3 is 1. The highest BCUT2D eigenvalue weighted by Gasteiger charge is 2.24. The Morgan fingerprint density at radius 2 is 1.90 bits per heavy atom. The van der Waals surface area contributed by atoms with Gasteiger partial charge in [0.2, 0.25) is 5.91 Å². The van der Waals surface area contributed by atoms with E-state index in [1.54, 1.807) is 14.0 Å². The van der Waals surface area contributed by atoms with Crippen molar-refractivity contribution >= 4 is 5.91 Å². The van der Waals surface area contributed by atoms with Crippen molar-refractivity contribution in [2.75, 3.05) is 33.3 Å². The molecule has 2 aromatic carbocycles. The summed E-state index contributed by atoms with van der Waals surface area (Å²) in [5.74, 6) is 1.39. The molecule has 0 aromatic heterocycles. The normalized spacial score (nSPS) is 21.6. The average Bonchev–Trinajstić information content (AvgIpc) is 3.11. The van der Waals surface area contributed by atoms with E-state index in [2.05, 4.69) is 55.1 Å².